The minimum Gasteiger partial charge on any atom is -0.461 e. The third kappa shape index (κ3) is 3.64. The van der Waals surface area contributed by atoms with Gasteiger partial charge >= 0.3 is 5.97 Å². The van der Waals surface area contributed by atoms with Crippen LogP contribution >= 0.6 is 11.8 Å². The van der Waals surface area contributed by atoms with Crippen molar-refractivity contribution in [3.05, 3.63) is 82.6 Å². The maximum atomic E-state index is 12.7. The molecule has 0 unspecified atom stereocenters. The van der Waals surface area contributed by atoms with E-state index in [1.54, 1.807) is 35.9 Å². The number of rotatable bonds is 5. The molecule has 5 nitrogen and oxygen atoms in total. The summed E-state index contributed by atoms with van der Waals surface area (Å²) in [5.41, 5.74) is 1.11. The van der Waals surface area contributed by atoms with Crippen LogP contribution in [0.3, 0.4) is 0 Å². The molecule has 0 saturated heterocycles. The number of fused-ring (bicyclic) bond motifs is 2. The van der Waals surface area contributed by atoms with Crippen LogP contribution in [0.25, 0.3) is 21.7 Å². The topological polar surface area (TPSA) is 61.2 Å². The molecule has 4 aromatic rings. The molecule has 0 aliphatic heterocycles. The molecule has 0 fully saturated rings. The summed E-state index contributed by atoms with van der Waals surface area (Å²) in [6, 6.07) is 20.6. The number of carbonyl (C=O) groups excluding carboxylic acids is 1. The van der Waals surface area contributed by atoms with Gasteiger partial charge in [-0.05, 0) is 35.0 Å². The zero-order chi connectivity index (χ0) is 19.5. The lowest BCUT2D eigenvalue weighted by atomic mass is 10.1. The number of benzene rings is 3. The van der Waals surface area contributed by atoms with E-state index in [4.69, 9.17) is 4.74 Å². The number of nitrogens with zero attached hydrogens (tertiary/aromatic N) is 2. The van der Waals surface area contributed by atoms with Crippen molar-refractivity contribution in [3.8, 4) is 0 Å². The summed E-state index contributed by atoms with van der Waals surface area (Å²) in [6.07, 6.45) is 0. The SMILES string of the molecule is Cn1c(SCCOC(=O)c2ccccc2)nc2cc3ccccc3cc2c1=O. The quantitative estimate of drug-likeness (QED) is 0.169. The first kappa shape index (κ1) is 18.3. The second-order valence-corrected chi connectivity index (χ2v) is 7.39. The van der Waals surface area contributed by atoms with Crippen LogP contribution in [0.15, 0.2) is 76.7 Å². The second kappa shape index (κ2) is 7.86. The van der Waals surface area contributed by atoms with Gasteiger partial charge in [0, 0.05) is 12.8 Å². The normalized spacial score (nSPS) is 11.0. The van der Waals surface area contributed by atoms with Crippen molar-refractivity contribution >= 4 is 39.4 Å². The molecule has 0 amide bonds. The standard InChI is InChI=1S/C22H18N2O3S/c1-24-20(25)18-13-16-9-5-6-10-17(16)14-19(18)23-22(24)28-12-11-27-21(26)15-7-3-2-4-8-15/h2-10,13-14H,11-12H2,1H3. The molecule has 28 heavy (non-hydrogen) atoms. The molecule has 0 bridgehead atoms. The van der Waals surface area contributed by atoms with E-state index in [-0.39, 0.29) is 18.1 Å². The Labute approximate surface area is 166 Å². The third-order valence-corrected chi connectivity index (χ3v) is 5.45. The summed E-state index contributed by atoms with van der Waals surface area (Å²) in [5.74, 6) is 0.158. The average molecular weight is 390 g/mol. The van der Waals surface area contributed by atoms with E-state index < -0.39 is 0 Å². The summed E-state index contributed by atoms with van der Waals surface area (Å²) < 4.78 is 6.83. The van der Waals surface area contributed by atoms with Gasteiger partial charge in [-0.2, -0.15) is 0 Å². The van der Waals surface area contributed by atoms with Crippen LogP contribution in [0.4, 0.5) is 0 Å². The van der Waals surface area contributed by atoms with Gasteiger partial charge in [-0.25, -0.2) is 9.78 Å². The van der Waals surface area contributed by atoms with Crippen molar-refractivity contribution in [2.75, 3.05) is 12.4 Å². The van der Waals surface area contributed by atoms with Crippen molar-refractivity contribution in [3.63, 3.8) is 0 Å². The van der Waals surface area contributed by atoms with Gasteiger partial charge in [0.1, 0.15) is 6.61 Å². The fourth-order valence-corrected chi connectivity index (χ4v) is 3.78. The minimum absolute atomic E-state index is 0.0838. The van der Waals surface area contributed by atoms with E-state index in [0.717, 1.165) is 10.8 Å². The summed E-state index contributed by atoms with van der Waals surface area (Å²) >= 11 is 1.39. The molecule has 3 aromatic carbocycles. The van der Waals surface area contributed by atoms with Crippen molar-refractivity contribution in [2.45, 2.75) is 5.16 Å². The number of ether oxygens (including phenoxy) is 1. The first-order valence-corrected chi connectivity index (χ1v) is 9.86. The van der Waals surface area contributed by atoms with Crippen molar-refractivity contribution < 1.29 is 9.53 Å². The molecule has 1 aromatic heterocycles. The van der Waals surface area contributed by atoms with Crippen LogP contribution in [0, 0.1) is 0 Å². The number of esters is 1. The highest BCUT2D eigenvalue weighted by Gasteiger charge is 2.11. The fourth-order valence-electron chi connectivity index (χ4n) is 2.99. The largest absolute Gasteiger partial charge is 0.461 e. The Bertz CT molecular complexity index is 1220. The van der Waals surface area contributed by atoms with Gasteiger partial charge in [-0.1, -0.05) is 54.2 Å². The number of hydrogen-bond donors (Lipinski definition) is 0. The summed E-state index contributed by atoms with van der Waals surface area (Å²) in [7, 11) is 1.71. The molecular formula is C22H18N2O3S. The van der Waals surface area contributed by atoms with Gasteiger partial charge in [0.05, 0.1) is 16.5 Å². The Morgan fingerprint density at radius 3 is 2.46 bits per heavy atom. The predicted octanol–water partition coefficient (Wildman–Crippen LogP) is 4.04. The van der Waals surface area contributed by atoms with Gasteiger partial charge in [-0.3, -0.25) is 9.36 Å². The Kier molecular flexibility index (Phi) is 5.12. The molecule has 140 valence electrons. The highest BCUT2D eigenvalue weighted by atomic mass is 32.2. The molecule has 1 heterocycles. The van der Waals surface area contributed by atoms with E-state index >= 15 is 0 Å². The Morgan fingerprint density at radius 1 is 1.04 bits per heavy atom. The highest BCUT2D eigenvalue weighted by Crippen LogP contribution is 2.22. The molecule has 0 atom stereocenters. The van der Waals surface area contributed by atoms with Gasteiger partial charge in [0.2, 0.25) is 0 Å². The maximum absolute atomic E-state index is 12.7. The van der Waals surface area contributed by atoms with E-state index in [1.807, 2.05) is 42.5 Å². The third-order valence-electron chi connectivity index (χ3n) is 4.46. The van der Waals surface area contributed by atoms with Crippen molar-refractivity contribution in [2.24, 2.45) is 7.05 Å². The first-order valence-electron chi connectivity index (χ1n) is 8.88. The van der Waals surface area contributed by atoms with Crippen LogP contribution in [0.5, 0.6) is 0 Å². The van der Waals surface area contributed by atoms with E-state index in [1.165, 1.54) is 11.8 Å². The molecule has 0 aliphatic rings. The van der Waals surface area contributed by atoms with E-state index in [2.05, 4.69) is 4.98 Å². The van der Waals surface area contributed by atoms with Crippen LogP contribution in [0.1, 0.15) is 10.4 Å². The first-order chi connectivity index (χ1) is 13.6. The molecule has 0 saturated carbocycles. The number of hydrogen-bond acceptors (Lipinski definition) is 5. The average Bonchev–Trinajstić information content (AvgIpc) is 2.74. The van der Waals surface area contributed by atoms with E-state index in [9.17, 15) is 9.59 Å². The Balaban J connectivity index is 1.51. The van der Waals surface area contributed by atoms with Gasteiger partial charge < -0.3 is 4.74 Å². The fraction of sp³-hybridized carbons (Fsp3) is 0.136. The van der Waals surface area contributed by atoms with Crippen LogP contribution in [-0.4, -0.2) is 27.9 Å². The zero-order valence-corrected chi connectivity index (χ0v) is 16.1. The summed E-state index contributed by atoms with van der Waals surface area (Å²) in [4.78, 5) is 29.4. The summed E-state index contributed by atoms with van der Waals surface area (Å²) in [6.45, 7) is 0.240. The second-order valence-electron chi connectivity index (χ2n) is 6.33. The van der Waals surface area contributed by atoms with Gasteiger partial charge in [0.25, 0.3) is 5.56 Å². The van der Waals surface area contributed by atoms with Crippen LogP contribution in [0.2, 0.25) is 0 Å². The molecule has 6 heteroatoms. The lowest BCUT2D eigenvalue weighted by Crippen LogP contribution is -2.20. The van der Waals surface area contributed by atoms with E-state index in [0.29, 0.717) is 27.4 Å². The molecule has 0 aliphatic carbocycles. The smallest absolute Gasteiger partial charge is 0.338 e. The highest BCUT2D eigenvalue weighted by molar-refractivity contribution is 7.99. The summed E-state index contributed by atoms with van der Waals surface area (Å²) in [5, 5.41) is 3.26. The molecule has 4 rings (SSSR count). The van der Waals surface area contributed by atoms with Gasteiger partial charge in [0.15, 0.2) is 5.16 Å². The Morgan fingerprint density at radius 2 is 1.71 bits per heavy atom. The lowest BCUT2D eigenvalue weighted by molar-refractivity contribution is 0.0530. The van der Waals surface area contributed by atoms with Gasteiger partial charge in [-0.15, -0.1) is 0 Å². The van der Waals surface area contributed by atoms with Crippen molar-refractivity contribution in [1.29, 1.82) is 0 Å². The number of carbonyl (C=O) groups is 1. The lowest BCUT2D eigenvalue weighted by Gasteiger charge is -2.10. The van der Waals surface area contributed by atoms with Crippen LogP contribution in [-0.2, 0) is 11.8 Å². The minimum atomic E-state index is -0.354. The molecule has 0 N–H and O–H groups in total. The molecule has 0 radical (unpaired) electrons. The number of thioether (sulfide) groups is 1. The predicted molar refractivity (Wildman–Crippen MR) is 112 cm³/mol. The van der Waals surface area contributed by atoms with Crippen molar-refractivity contribution in [1.82, 2.24) is 9.55 Å². The monoisotopic (exact) mass is 390 g/mol. The molecular weight excluding hydrogens is 372 g/mol. The van der Waals surface area contributed by atoms with Crippen LogP contribution < -0.4 is 5.56 Å². The maximum Gasteiger partial charge on any atom is 0.338 e. The molecule has 0 spiro atoms. The zero-order valence-electron chi connectivity index (χ0n) is 15.3. The Hall–Kier alpha value is -3.12. The number of aromatic nitrogens is 2.